The van der Waals surface area contributed by atoms with Crippen molar-refractivity contribution < 1.29 is 4.74 Å². The van der Waals surface area contributed by atoms with Crippen molar-refractivity contribution in [2.24, 2.45) is 5.92 Å². The lowest BCUT2D eigenvalue weighted by atomic mass is 10.0. The Hall–Kier alpha value is -3.46. The lowest BCUT2D eigenvalue weighted by molar-refractivity contribution is 0.233. The van der Waals surface area contributed by atoms with Gasteiger partial charge >= 0.3 is 0 Å². The standard InChI is InChI=1S/C30H32N2O/c1-3-5-11-23(4-2)22-33-27-17-15-25(16-18-27)29-20-26(24-12-7-6-8-13-24)21-30(32-29)28-14-9-10-19-31-28/h6-10,12-21,23H,3-5,11,22H2,1-2H3. The van der Waals surface area contributed by atoms with Gasteiger partial charge in [-0.05, 0) is 72.0 Å². The minimum atomic E-state index is 0.620. The largest absolute Gasteiger partial charge is 0.493 e. The molecule has 4 aromatic rings. The second-order valence-corrected chi connectivity index (χ2v) is 8.46. The summed E-state index contributed by atoms with van der Waals surface area (Å²) in [7, 11) is 0. The molecule has 0 radical (unpaired) electrons. The summed E-state index contributed by atoms with van der Waals surface area (Å²) in [6.07, 6.45) is 6.70. The Bertz CT molecular complexity index is 1070. The molecule has 0 spiro atoms. The van der Waals surface area contributed by atoms with Crippen LogP contribution in [0.2, 0.25) is 0 Å². The minimum absolute atomic E-state index is 0.620. The lowest BCUT2D eigenvalue weighted by Crippen LogP contribution is -2.11. The summed E-state index contributed by atoms with van der Waals surface area (Å²) in [5.74, 6) is 1.53. The zero-order chi connectivity index (χ0) is 22.9. The fourth-order valence-electron chi connectivity index (χ4n) is 3.96. The number of ether oxygens (including phenoxy) is 1. The van der Waals surface area contributed by atoms with Crippen LogP contribution in [0.4, 0.5) is 0 Å². The summed E-state index contributed by atoms with van der Waals surface area (Å²) in [6.45, 7) is 5.27. The third-order valence-corrected chi connectivity index (χ3v) is 6.04. The maximum Gasteiger partial charge on any atom is 0.119 e. The van der Waals surface area contributed by atoms with Gasteiger partial charge in [-0.25, -0.2) is 4.98 Å². The highest BCUT2D eigenvalue weighted by Crippen LogP contribution is 2.30. The van der Waals surface area contributed by atoms with Gasteiger partial charge in [0.1, 0.15) is 5.75 Å². The molecule has 0 saturated heterocycles. The molecule has 0 aliphatic carbocycles. The van der Waals surface area contributed by atoms with Crippen molar-refractivity contribution in [1.29, 1.82) is 0 Å². The third kappa shape index (κ3) is 6.07. The third-order valence-electron chi connectivity index (χ3n) is 6.04. The molecule has 33 heavy (non-hydrogen) atoms. The first-order valence-electron chi connectivity index (χ1n) is 12.0. The van der Waals surface area contributed by atoms with Crippen LogP contribution in [0.3, 0.4) is 0 Å². The topological polar surface area (TPSA) is 35.0 Å². The number of aromatic nitrogens is 2. The van der Waals surface area contributed by atoms with Crippen LogP contribution in [0.25, 0.3) is 33.8 Å². The van der Waals surface area contributed by atoms with E-state index >= 15 is 0 Å². The molecule has 0 amide bonds. The molecule has 1 atom stereocenters. The van der Waals surface area contributed by atoms with Crippen molar-refractivity contribution in [2.75, 3.05) is 6.61 Å². The van der Waals surface area contributed by atoms with E-state index in [9.17, 15) is 0 Å². The molecule has 0 aliphatic heterocycles. The van der Waals surface area contributed by atoms with E-state index in [-0.39, 0.29) is 0 Å². The van der Waals surface area contributed by atoms with E-state index in [2.05, 4.69) is 79.5 Å². The fraction of sp³-hybridized carbons (Fsp3) is 0.267. The van der Waals surface area contributed by atoms with Gasteiger partial charge in [0.2, 0.25) is 0 Å². The summed E-state index contributed by atoms with van der Waals surface area (Å²) in [6, 6.07) is 28.9. The summed E-state index contributed by atoms with van der Waals surface area (Å²) in [4.78, 5) is 9.47. The summed E-state index contributed by atoms with van der Waals surface area (Å²) in [5, 5.41) is 0. The summed E-state index contributed by atoms with van der Waals surface area (Å²) >= 11 is 0. The number of nitrogens with zero attached hydrogens (tertiary/aromatic N) is 2. The van der Waals surface area contributed by atoms with Crippen LogP contribution in [0, 0.1) is 5.92 Å². The van der Waals surface area contributed by atoms with Crippen molar-refractivity contribution in [3.05, 3.63) is 91.1 Å². The van der Waals surface area contributed by atoms with Gasteiger partial charge in [0.25, 0.3) is 0 Å². The van der Waals surface area contributed by atoms with Crippen LogP contribution in [0.1, 0.15) is 39.5 Å². The van der Waals surface area contributed by atoms with Gasteiger partial charge in [-0.15, -0.1) is 0 Å². The highest BCUT2D eigenvalue weighted by molar-refractivity contribution is 5.75. The summed E-state index contributed by atoms with van der Waals surface area (Å²) < 4.78 is 6.10. The molecule has 0 fully saturated rings. The molecule has 4 rings (SSSR count). The Morgan fingerprint density at radius 3 is 2.18 bits per heavy atom. The van der Waals surface area contributed by atoms with Crippen molar-refractivity contribution in [1.82, 2.24) is 9.97 Å². The molecule has 1 unspecified atom stereocenters. The molecule has 3 heteroatoms. The van der Waals surface area contributed by atoms with Crippen molar-refractivity contribution >= 4 is 0 Å². The predicted octanol–water partition coefficient (Wildman–Crippen LogP) is 8.07. The molecule has 0 N–H and O–H groups in total. The van der Waals surface area contributed by atoms with E-state index in [1.54, 1.807) is 0 Å². The number of hydrogen-bond acceptors (Lipinski definition) is 3. The molecular weight excluding hydrogens is 404 g/mol. The fourth-order valence-corrected chi connectivity index (χ4v) is 3.96. The second kappa shape index (κ2) is 11.4. The Labute approximate surface area is 197 Å². The van der Waals surface area contributed by atoms with E-state index < -0.39 is 0 Å². The molecule has 2 aromatic carbocycles. The second-order valence-electron chi connectivity index (χ2n) is 8.46. The van der Waals surface area contributed by atoms with Crippen LogP contribution in [-0.4, -0.2) is 16.6 Å². The molecule has 2 heterocycles. The first kappa shape index (κ1) is 22.7. The maximum absolute atomic E-state index is 6.10. The Balaban J connectivity index is 1.60. The van der Waals surface area contributed by atoms with E-state index in [4.69, 9.17) is 9.72 Å². The number of rotatable bonds is 10. The van der Waals surface area contributed by atoms with Crippen LogP contribution >= 0.6 is 0 Å². The Kier molecular flexibility index (Phi) is 7.86. The first-order valence-corrected chi connectivity index (χ1v) is 12.0. The van der Waals surface area contributed by atoms with Crippen molar-refractivity contribution in [3.63, 3.8) is 0 Å². The number of hydrogen-bond donors (Lipinski definition) is 0. The van der Waals surface area contributed by atoms with E-state index in [1.165, 1.54) is 19.3 Å². The van der Waals surface area contributed by atoms with Crippen LogP contribution in [-0.2, 0) is 0 Å². The smallest absolute Gasteiger partial charge is 0.119 e. The normalized spacial score (nSPS) is 11.8. The maximum atomic E-state index is 6.10. The van der Waals surface area contributed by atoms with E-state index in [0.717, 1.165) is 52.5 Å². The molecule has 0 aliphatic rings. The molecular formula is C30H32N2O. The lowest BCUT2D eigenvalue weighted by Gasteiger charge is -2.16. The molecule has 168 valence electrons. The van der Waals surface area contributed by atoms with Crippen LogP contribution in [0.5, 0.6) is 5.75 Å². The van der Waals surface area contributed by atoms with Crippen LogP contribution in [0.15, 0.2) is 91.1 Å². The monoisotopic (exact) mass is 436 g/mol. The van der Waals surface area contributed by atoms with Gasteiger partial charge in [0.15, 0.2) is 0 Å². The summed E-state index contributed by atoms with van der Waals surface area (Å²) in [5.41, 5.74) is 6.02. The van der Waals surface area contributed by atoms with Gasteiger partial charge in [-0.3, -0.25) is 4.98 Å². The van der Waals surface area contributed by atoms with E-state index in [0.29, 0.717) is 5.92 Å². The highest BCUT2D eigenvalue weighted by atomic mass is 16.5. The molecule has 0 saturated carbocycles. The molecule has 2 aromatic heterocycles. The minimum Gasteiger partial charge on any atom is -0.493 e. The molecule has 0 bridgehead atoms. The SMILES string of the molecule is CCCCC(CC)COc1ccc(-c2cc(-c3ccccc3)cc(-c3ccccn3)n2)cc1. The van der Waals surface area contributed by atoms with Crippen LogP contribution < -0.4 is 4.74 Å². The van der Waals surface area contributed by atoms with Gasteiger partial charge < -0.3 is 4.74 Å². The Morgan fingerprint density at radius 1 is 0.727 bits per heavy atom. The number of pyridine rings is 2. The van der Waals surface area contributed by atoms with Gasteiger partial charge in [-0.2, -0.15) is 0 Å². The average Bonchev–Trinajstić information content (AvgIpc) is 2.90. The number of benzene rings is 2. The van der Waals surface area contributed by atoms with Gasteiger partial charge in [0, 0.05) is 11.8 Å². The van der Waals surface area contributed by atoms with Crippen molar-refractivity contribution in [2.45, 2.75) is 39.5 Å². The van der Waals surface area contributed by atoms with Gasteiger partial charge in [0.05, 0.1) is 23.7 Å². The zero-order valence-electron chi connectivity index (χ0n) is 19.6. The quantitative estimate of drug-likeness (QED) is 0.252. The predicted molar refractivity (Wildman–Crippen MR) is 137 cm³/mol. The van der Waals surface area contributed by atoms with Crippen molar-refractivity contribution in [3.8, 4) is 39.5 Å². The zero-order valence-corrected chi connectivity index (χ0v) is 19.6. The Morgan fingerprint density at radius 2 is 1.48 bits per heavy atom. The highest BCUT2D eigenvalue weighted by Gasteiger charge is 2.11. The first-order chi connectivity index (χ1) is 16.3. The average molecular weight is 437 g/mol. The van der Waals surface area contributed by atoms with E-state index in [1.807, 2.05) is 30.5 Å². The number of unbranched alkanes of at least 4 members (excludes halogenated alkanes) is 1. The molecule has 3 nitrogen and oxygen atoms in total. The van der Waals surface area contributed by atoms with Gasteiger partial charge in [-0.1, -0.05) is 69.5 Å².